The molecule has 0 unspecified atom stereocenters. The first-order valence-corrected chi connectivity index (χ1v) is 6.28. The Hall–Kier alpha value is -2.51. The number of aromatic nitrogens is 2. The number of rotatable bonds is 3. The zero-order chi connectivity index (χ0) is 16.3. The van der Waals surface area contributed by atoms with Crippen molar-refractivity contribution in [3.05, 3.63) is 53.9 Å². The van der Waals surface area contributed by atoms with Crippen molar-refractivity contribution in [2.24, 2.45) is 0 Å². The fourth-order valence-corrected chi connectivity index (χ4v) is 1.99. The van der Waals surface area contributed by atoms with Gasteiger partial charge in [0, 0.05) is 6.54 Å². The van der Waals surface area contributed by atoms with Crippen molar-refractivity contribution in [3.8, 4) is 0 Å². The molecule has 4 nitrogen and oxygen atoms in total. The third-order valence-corrected chi connectivity index (χ3v) is 2.95. The minimum Gasteiger partial charge on any atom is -0.306 e. The summed E-state index contributed by atoms with van der Waals surface area (Å²) in [6.07, 6.45) is -1.09. The average Bonchev–Trinajstić information content (AvgIpc) is 2.47. The van der Waals surface area contributed by atoms with E-state index in [2.05, 4.69) is 9.97 Å². The summed E-state index contributed by atoms with van der Waals surface area (Å²) in [6, 6.07) is 2.40. The number of benzene rings is 1. The maximum Gasteiger partial charge on any atom is 0.417 e. The topological polar surface area (TPSA) is 46.1 Å². The highest BCUT2D eigenvalue weighted by molar-refractivity contribution is 6.07. The molecule has 0 spiro atoms. The maximum atomic E-state index is 13.9. The number of anilines is 1. The minimum absolute atomic E-state index is 0.0395. The van der Waals surface area contributed by atoms with E-state index in [1.807, 2.05) is 0 Å². The van der Waals surface area contributed by atoms with Crippen LogP contribution in [0.1, 0.15) is 22.8 Å². The van der Waals surface area contributed by atoms with Crippen molar-refractivity contribution in [3.63, 3.8) is 0 Å². The molecular weight excluding hydrogens is 302 g/mol. The second-order valence-corrected chi connectivity index (χ2v) is 4.31. The molecule has 1 aromatic heterocycles. The van der Waals surface area contributed by atoms with E-state index in [-0.39, 0.29) is 12.2 Å². The van der Waals surface area contributed by atoms with Crippen molar-refractivity contribution in [1.82, 2.24) is 9.97 Å². The number of alkyl halides is 3. The lowest BCUT2D eigenvalue weighted by Crippen LogP contribution is -2.33. The Morgan fingerprint density at radius 1 is 1.23 bits per heavy atom. The molecule has 0 aliphatic heterocycles. The summed E-state index contributed by atoms with van der Waals surface area (Å²) in [5.41, 5.74) is -2.14. The minimum atomic E-state index is -4.83. The average molecular weight is 313 g/mol. The van der Waals surface area contributed by atoms with Gasteiger partial charge in [-0.2, -0.15) is 13.2 Å². The first-order chi connectivity index (χ1) is 10.4. The number of nitrogens with zero attached hydrogens (tertiary/aromatic N) is 3. The molecule has 1 heterocycles. The molecule has 0 fully saturated rings. The van der Waals surface area contributed by atoms with Gasteiger partial charge in [0.25, 0.3) is 5.91 Å². The van der Waals surface area contributed by atoms with Crippen molar-refractivity contribution in [2.45, 2.75) is 13.1 Å². The standard InChI is InChI=1S/C14H11F4N3O/c1-2-21(9-6-19-8-20-7-9)13(22)12-10(14(16,17)18)4-3-5-11(12)15/h3-8H,2H2,1H3. The van der Waals surface area contributed by atoms with Crippen LogP contribution >= 0.6 is 0 Å². The summed E-state index contributed by atoms with van der Waals surface area (Å²) in [4.78, 5) is 20.8. The number of amides is 1. The van der Waals surface area contributed by atoms with Gasteiger partial charge >= 0.3 is 6.18 Å². The molecule has 0 N–H and O–H groups in total. The molecule has 0 aliphatic carbocycles. The van der Waals surface area contributed by atoms with Crippen LogP contribution in [0.2, 0.25) is 0 Å². The number of hydrogen-bond acceptors (Lipinski definition) is 3. The fourth-order valence-electron chi connectivity index (χ4n) is 1.99. The lowest BCUT2D eigenvalue weighted by atomic mass is 10.0. The van der Waals surface area contributed by atoms with Crippen LogP contribution < -0.4 is 4.90 Å². The number of halogens is 4. The van der Waals surface area contributed by atoms with Crippen LogP contribution in [0.3, 0.4) is 0 Å². The third kappa shape index (κ3) is 3.05. The normalized spacial score (nSPS) is 11.3. The van der Waals surface area contributed by atoms with E-state index >= 15 is 0 Å². The number of hydrogen-bond donors (Lipinski definition) is 0. The van der Waals surface area contributed by atoms with Crippen molar-refractivity contribution in [1.29, 1.82) is 0 Å². The van der Waals surface area contributed by atoms with Gasteiger partial charge in [-0.05, 0) is 19.1 Å². The summed E-state index contributed by atoms with van der Waals surface area (Å²) >= 11 is 0. The number of carbonyl (C=O) groups excluding carboxylic acids is 1. The van der Waals surface area contributed by atoms with Crippen LogP contribution in [-0.4, -0.2) is 22.4 Å². The second kappa shape index (κ2) is 6.08. The van der Waals surface area contributed by atoms with E-state index in [1.54, 1.807) is 6.92 Å². The Labute approximate surface area is 123 Å². The highest BCUT2D eigenvalue weighted by Crippen LogP contribution is 2.34. The Bertz CT molecular complexity index is 674. The predicted octanol–water partition coefficient (Wildman–Crippen LogP) is 3.30. The number of carbonyl (C=O) groups is 1. The molecule has 0 radical (unpaired) electrons. The quantitative estimate of drug-likeness (QED) is 0.817. The van der Waals surface area contributed by atoms with Gasteiger partial charge in [0.15, 0.2) is 0 Å². The fraction of sp³-hybridized carbons (Fsp3) is 0.214. The molecule has 1 aromatic carbocycles. The zero-order valence-electron chi connectivity index (χ0n) is 11.4. The lowest BCUT2D eigenvalue weighted by Gasteiger charge is -2.22. The molecule has 0 saturated carbocycles. The van der Waals surface area contributed by atoms with E-state index in [0.29, 0.717) is 6.07 Å². The van der Waals surface area contributed by atoms with E-state index in [0.717, 1.165) is 17.0 Å². The molecule has 0 bridgehead atoms. The highest BCUT2D eigenvalue weighted by atomic mass is 19.4. The molecular formula is C14H11F4N3O. The Kier molecular flexibility index (Phi) is 4.39. The Balaban J connectivity index is 2.53. The van der Waals surface area contributed by atoms with Gasteiger partial charge in [0.2, 0.25) is 0 Å². The van der Waals surface area contributed by atoms with Crippen LogP contribution in [0.4, 0.5) is 23.2 Å². The molecule has 0 atom stereocenters. The molecule has 8 heteroatoms. The molecule has 2 rings (SSSR count). The predicted molar refractivity (Wildman–Crippen MR) is 70.8 cm³/mol. The van der Waals surface area contributed by atoms with Gasteiger partial charge < -0.3 is 4.90 Å². The van der Waals surface area contributed by atoms with Gasteiger partial charge in [-0.25, -0.2) is 14.4 Å². The third-order valence-electron chi connectivity index (χ3n) is 2.95. The molecule has 116 valence electrons. The van der Waals surface area contributed by atoms with Gasteiger partial charge in [-0.15, -0.1) is 0 Å². The van der Waals surface area contributed by atoms with Gasteiger partial charge in [0.1, 0.15) is 12.1 Å². The van der Waals surface area contributed by atoms with Crippen LogP contribution in [0.5, 0.6) is 0 Å². The van der Waals surface area contributed by atoms with Gasteiger partial charge in [-0.3, -0.25) is 4.79 Å². The van der Waals surface area contributed by atoms with Crippen molar-refractivity contribution >= 4 is 11.6 Å². The van der Waals surface area contributed by atoms with E-state index in [1.165, 1.54) is 18.7 Å². The summed E-state index contributed by atoms with van der Waals surface area (Å²) in [5.74, 6) is -2.32. The SMILES string of the molecule is CCN(C(=O)c1c(F)cccc1C(F)(F)F)c1cncnc1. The first-order valence-electron chi connectivity index (χ1n) is 6.28. The van der Waals surface area contributed by atoms with Crippen LogP contribution in [-0.2, 0) is 6.18 Å². The van der Waals surface area contributed by atoms with Gasteiger partial charge in [0.05, 0.1) is 29.2 Å². The molecule has 0 saturated heterocycles. The van der Waals surface area contributed by atoms with Crippen LogP contribution in [0, 0.1) is 5.82 Å². The monoisotopic (exact) mass is 313 g/mol. The summed E-state index contributed by atoms with van der Waals surface area (Å²) in [7, 11) is 0. The zero-order valence-corrected chi connectivity index (χ0v) is 11.4. The molecule has 0 aliphatic rings. The van der Waals surface area contributed by atoms with E-state index in [9.17, 15) is 22.4 Å². The first kappa shape index (κ1) is 15.9. The molecule has 22 heavy (non-hydrogen) atoms. The van der Waals surface area contributed by atoms with Crippen molar-refractivity contribution < 1.29 is 22.4 Å². The maximum absolute atomic E-state index is 13.9. The summed E-state index contributed by atoms with van der Waals surface area (Å²) in [5, 5.41) is 0. The summed E-state index contributed by atoms with van der Waals surface area (Å²) in [6.45, 7) is 1.59. The van der Waals surface area contributed by atoms with E-state index in [4.69, 9.17) is 0 Å². The van der Waals surface area contributed by atoms with Crippen molar-refractivity contribution in [2.75, 3.05) is 11.4 Å². The Morgan fingerprint density at radius 2 is 1.86 bits per heavy atom. The highest BCUT2D eigenvalue weighted by Gasteiger charge is 2.38. The summed E-state index contributed by atoms with van der Waals surface area (Å²) < 4.78 is 52.9. The Morgan fingerprint density at radius 3 is 2.41 bits per heavy atom. The van der Waals surface area contributed by atoms with Crippen LogP contribution in [0.25, 0.3) is 0 Å². The smallest absolute Gasteiger partial charge is 0.306 e. The largest absolute Gasteiger partial charge is 0.417 e. The lowest BCUT2D eigenvalue weighted by molar-refractivity contribution is -0.138. The van der Waals surface area contributed by atoms with Gasteiger partial charge in [-0.1, -0.05) is 6.07 Å². The second-order valence-electron chi connectivity index (χ2n) is 4.31. The van der Waals surface area contributed by atoms with Crippen LogP contribution in [0.15, 0.2) is 36.9 Å². The molecule has 1 amide bonds. The molecule has 2 aromatic rings. The van der Waals surface area contributed by atoms with E-state index < -0.39 is 29.0 Å².